The minimum atomic E-state index is -0.184. The number of nitrogens with one attached hydrogen (secondary N) is 1. The van der Waals surface area contributed by atoms with Gasteiger partial charge in [0.1, 0.15) is 6.04 Å². The van der Waals surface area contributed by atoms with E-state index in [0.717, 1.165) is 49.1 Å². The van der Waals surface area contributed by atoms with Crippen molar-refractivity contribution in [2.45, 2.75) is 51.7 Å². The summed E-state index contributed by atoms with van der Waals surface area (Å²) in [6, 6.07) is 12.1. The molecule has 0 spiro atoms. The molecule has 1 fully saturated rings. The number of carbonyl (C=O) groups excluding carboxylic acids is 1. The van der Waals surface area contributed by atoms with Crippen LogP contribution in [0.25, 0.3) is 21.5 Å². The molecule has 0 aliphatic carbocycles. The van der Waals surface area contributed by atoms with Crippen molar-refractivity contribution >= 4 is 76.7 Å². The fraction of sp³-hybridized carbons (Fsp3) is 0.320. The molecular formula is C25H25Br2ClN6O. The van der Waals surface area contributed by atoms with E-state index < -0.39 is 0 Å². The lowest BCUT2D eigenvalue weighted by Crippen LogP contribution is -2.47. The third kappa shape index (κ3) is 5.90. The van der Waals surface area contributed by atoms with Crippen LogP contribution in [0.2, 0.25) is 5.15 Å². The molecule has 1 aliphatic heterocycles. The van der Waals surface area contributed by atoms with Gasteiger partial charge in [0.2, 0.25) is 5.91 Å². The van der Waals surface area contributed by atoms with E-state index in [1.807, 2.05) is 50.2 Å². The fourth-order valence-electron chi connectivity index (χ4n) is 4.24. The third-order valence-corrected chi connectivity index (χ3v) is 7.09. The SMILES string of the molecule is CC(C)NC(=O)[C@H]1CCC(C)N1c1nncc2cc(Br)ccc12.Clc1nncc2cc(Br)ccc12. The number of anilines is 1. The van der Waals surface area contributed by atoms with Crippen LogP contribution in [0, 0.1) is 0 Å². The molecule has 182 valence electrons. The van der Waals surface area contributed by atoms with Gasteiger partial charge in [0.25, 0.3) is 0 Å². The molecule has 1 unspecified atom stereocenters. The van der Waals surface area contributed by atoms with Crippen LogP contribution >= 0.6 is 43.5 Å². The van der Waals surface area contributed by atoms with Crippen LogP contribution in [-0.2, 0) is 4.79 Å². The van der Waals surface area contributed by atoms with Crippen molar-refractivity contribution in [3.8, 4) is 0 Å². The number of fused-ring (bicyclic) bond motifs is 2. The molecule has 2 atom stereocenters. The number of nitrogens with zero attached hydrogens (tertiary/aromatic N) is 5. The molecule has 2 aromatic heterocycles. The lowest BCUT2D eigenvalue weighted by atomic mass is 10.1. The summed E-state index contributed by atoms with van der Waals surface area (Å²) >= 11 is 12.7. The van der Waals surface area contributed by atoms with Crippen molar-refractivity contribution in [2.75, 3.05) is 4.90 Å². The Morgan fingerprint density at radius 1 is 1.00 bits per heavy atom. The van der Waals surface area contributed by atoms with Gasteiger partial charge >= 0.3 is 0 Å². The van der Waals surface area contributed by atoms with Gasteiger partial charge in [-0.15, -0.1) is 10.2 Å². The number of carbonyl (C=O) groups is 1. The largest absolute Gasteiger partial charge is 0.352 e. The van der Waals surface area contributed by atoms with E-state index in [0.29, 0.717) is 5.15 Å². The van der Waals surface area contributed by atoms with E-state index >= 15 is 0 Å². The lowest BCUT2D eigenvalue weighted by molar-refractivity contribution is -0.122. The molecule has 1 N–H and O–H groups in total. The van der Waals surface area contributed by atoms with Crippen molar-refractivity contribution in [2.24, 2.45) is 0 Å². The monoisotopic (exact) mass is 618 g/mol. The van der Waals surface area contributed by atoms with E-state index in [9.17, 15) is 4.79 Å². The number of rotatable bonds is 3. The number of benzene rings is 2. The van der Waals surface area contributed by atoms with E-state index in [1.54, 1.807) is 12.4 Å². The second-order valence-corrected chi connectivity index (χ2v) is 11.0. The van der Waals surface area contributed by atoms with E-state index in [-0.39, 0.29) is 24.0 Å². The standard InChI is InChI=1S/C17H21BrN4O.C8H4BrClN2/c1-10(2)20-17(23)15-7-4-11(3)22(15)16-14-6-5-13(18)8-12(14)9-19-21-16;9-6-1-2-7-5(3-6)4-11-12-8(7)10/h5-6,8-11,15H,4,7H2,1-3H3,(H,20,23);1-4H/t11?,15-;/m1./s1. The zero-order valence-corrected chi connectivity index (χ0v) is 23.5. The second kappa shape index (κ2) is 11.1. The maximum absolute atomic E-state index is 12.6. The maximum atomic E-state index is 12.6. The first-order valence-electron chi connectivity index (χ1n) is 11.3. The highest BCUT2D eigenvalue weighted by atomic mass is 79.9. The molecule has 7 nitrogen and oxygen atoms in total. The van der Waals surface area contributed by atoms with Crippen molar-refractivity contribution in [3.05, 3.63) is 62.9 Å². The Morgan fingerprint density at radius 2 is 1.60 bits per heavy atom. The molecule has 1 aliphatic rings. The quantitative estimate of drug-likeness (QED) is 0.289. The van der Waals surface area contributed by atoms with Crippen LogP contribution in [0.4, 0.5) is 5.82 Å². The van der Waals surface area contributed by atoms with Gasteiger partial charge in [-0.2, -0.15) is 10.2 Å². The summed E-state index contributed by atoms with van der Waals surface area (Å²) in [7, 11) is 0. The molecule has 3 heterocycles. The van der Waals surface area contributed by atoms with Gasteiger partial charge in [0.05, 0.1) is 12.4 Å². The van der Waals surface area contributed by atoms with Crippen LogP contribution in [0.5, 0.6) is 0 Å². The lowest BCUT2D eigenvalue weighted by Gasteiger charge is -2.29. The molecule has 0 bridgehead atoms. The van der Waals surface area contributed by atoms with Gasteiger partial charge in [-0.1, -0.05) is 49.5 Å². The van der Waals surface area contributed by atoms with Gasteiger partial charge in [-0.25, -0.2) is 0 Å². The summed E-state index contributed by atoms with van der Waals surface area (Å²) in [5.41, 5.74) is 0. The first kappa shape index (κ1) is 25.7. The van der Waals surface area contributed by atoms with Crippen LogP contribution in [0.3, 0.4) is 0 Å². The van der Waals surface area contributed by atoms with Gasteiger partial charge in [-0.3, -0.25) is 4.79 Å². The number of hydrogen-bond donors (Lipinski definition) is 1. The van der Waals surface area contributed by atoms with Crippen LogP contribution in [0.1, 0.15) is 33.6 Å². The van der Waals surface area contributed by atoms with Crippen molar-refractivity contribution in [1.82, 2.24) is 25.7 Å². The first-order chi connectivity index (χ1) is 16.7. The second-order valence-electron chi connectivity index (χ2n) is 8.78. The third-order valence-electron chi connectivity index (χ3n) is 5.83. The zero-order chi connectivity index (χ0) is 25.1. The Hall–Kier alpha value is -2.36. The van der Waals surface area contributed by atoms with E-state index in [4.69, 9.17) is 11.6 Å². The van der Waals surface area contributed by atoms with Crippen LogP contribution < -0.4 is 10.2 Å². The highest BCUT2D eigenvalue weighted by molar-refractivity contribution is 9.10. The Balaban J connectivity index is 0.000000201. The van der Waals surface area contributed by atoms with Gasteiger partial charge in [0, 0.05) is 42.6 Å². The predicted molar refractivity (Wildman–Crippen MR) is 148 cm³/mol. The van der Waals surface area contributed by atoms with Crippen molar-refractivity contribution in [3.63, 3.8) is 0 Å². The number of halogens is 3. The Labute approximate surface area is 225 Å². The maximum Gasteiger partial charge on any atom is 0.242 e. The summed E-state index contributed by atoms with van der Waals surface area (Å²) in [6.45, 7) is 6.10. The van der Waals surface area contributed by atoms with Gasteiger partial charge in [0.15, 0.2) is 11.0 Å². The molecule has 10 heteroatoms. The van der Waals surface area contributed by atoms with Crippen molar-refractivity contribution in [1.29, 1.82) is 0 Å². The molecule has 2 aromatic carbocycles. The summed E-state index contributed by atoms with van der Waals surface area (Å²) in [6.07, 6.45) is 5.26. The molecule has 1 saturated heterocycles. The highest BCUT2D eigenvalue weighted by Gasteiger charge is 2.37. The average Bonchev–Trinajstić information content (AvgIpc) is 3.20. The zero-order valence-electron chi connectivity index (χ0n) is 19.5. The minimum Gasteiger partial charge on any atom is -0.352 e. The molecule has 35 heavy (non-hydrogen) atoms. The number of aromatic nitrogens is 4. The Bertz CT molecular complexity index is 1370. The molecular weight excluding hydrogens is 596 g/mol. The average molecular weight is 621 g/mol. The van der Waals surface area contributed by atoms with Gasteiger partial charge in [-0.05, 0) is 63.9 Å². The first-order valence-corrected chi connectivity index (χ1v) is 13.3. The van der Waals surface area contributed by atoms with Gasteiger partial charge < -0.3 is 10.2 Å². The molecule has 0 saturated carbocycles. The number of hydrogen-bond acceptors (Lipinski definition) is 6. The van der Waals surface area contributed by atoms with Crippen molar-refractivity contribution < 1.29 is 4.79 Å². The summed E-state index contributed by atoms with van der Waals surface area (Å²) in [5.74, 6) is 0.865. The molecule has 4 aromatic rings. The Kier molecular flexibility index (Phi) is 8.19. The topological polar surface area (TPSA) is 83.9 Å². The normalized spacial score (nSPS) is 17.5. The fourth-order valence-corrected chi connectivity index (χ4v) is 5.21. The molecule has 0 radical (unpaired) electrons. The van der Waals surface area contributed by atoms with Crippen LogP contribution in [-0.4, -0.2) is 44.4 Å². The minimum absolute atomic E-state index is 0.0697. The van der Waals surface area contributed by atoms with E-state index in [2.05, 4.69) is 69.4 Å². The summed E-state index contributed by atoms with van der Waals surface area (Å²) in [5, 5.41) is 23.4. The van der Waals surface area contributed by atoms with E-state index in [1.165, 1.54) is 0 Å². The predicted octanol–water partition coefficient (Wildman–Crippen LogP) is 6.32. The summed E-state index contributed by atoms with van der Waals surface area (Å²) in [4.78, 5) is 14.7. The van der Waals surface area contributed by atoms with Crippen LogP contribution in [0.15, 0.2) is 57.7 Å². The number of amides is 1. The summed E-state index contributed by atoms with van der Waals surface area (Å²) < 4.78 is 2.02. The molecule has 5 rings (SSSR count). The highest BCUT2D eigenvalue weighted by Crippen LogP contribution is 2.34. The smallest absolute Gasteiger partial charge is 0.242 e. The Morgan fingerprint density at radius 3 is 2.26 bits per heavy atom. The molecule has 1 amide bonds.